The van der Waals surface area contributed by atoms with Crippen LogP contribution >= 0.6 is 23.4 Å². The number of halogens is 1. The van der Waals surface area contributed by atoms with Gasteiger partial charge in [-0.15, -0.1) is 10.2 Å². The van der Waals surface area contributed by atoms with Crippen molar-refractivity contribution in [1.29, 1.82) is 0 Å². The van der Waals surface area contributed by atoms with Crippen molar-refractivity contribution < 1.29 is 4.42 Å². The summed E-state index contributed by atoms with van der Waals surface area (Å²) >= 11 is 7.69. The second kappa shape index (κ2) is 7.65. The third-order valence-electron chi connectivity index (χ3n) is 4.82. The lowest BCUT2D eigenvalue weighted by Gasteiger charge is -2.10. The highest BCUT2D eigenvalue weighted by Gasteiger charge is 2.27. The summed E-state index contributed by atoms with van der Waals surface area (Å²) < 4.78 is 7.63. The third kappa shape index (κ3) is 3.93. The Kier molecular flexibility index (Phi) is 4.85. The van der Waals surface area contributed by atoms with Crippen LogP contribution in [0.5, 0.6) is 0 Å². The van der Waals surface area contributed by atoms with Crippen molar-refractivity contribution in [3.05, 3.63) is 71.0 Å². The molecule has 146 valence electrons. The molecule has 0 spiro atoms. The molecular weight excluding hydrogens is 406 g/mol. The average Bonchev–Trinajstić information content (AvgIpc) is 3.31. The zero-order chi connectivity index (χ0) is 19.8. The minimum Gasteiger partial charge on any atom is -0.467 e. The van der Waals surface area contributed by atoms with E-state index in [4.69, 9.17) is 21.0 Å². The van der Waals surface area contributed by atoms with Crippen LogP contribution in [0, 0.1) is 6.92 Å². The fourth-order valence-corrected chi connectivity index (χ4v) is 4.27. The molecule has 0 saturated heterocycles. The molecule has 8 heteroatoms. The first-order valence-electron chi connectivity index (χ1n) is 9.41. The van der Waals surface area contributed by atoms with Crippen LogP contribution in [0.25, 0.3) is 11.4 Å². The van der Waals surface area contributed by atoms with Crippen LogP contribution in [-0.4, -0.2) is 24.7 Å². The van der Waals surface area contributed by atoms with Gasteiger partial charge in [0.15, 0.2) is 11.0 Å². The fourth-order valence-electron chi connectivity index (χ4n) is 3.17. The first-order valence-corrected chi connectivity index (χ1v) is 10.6. The van der Waals surface area contributed by atoms with Gasteiger partial charge in [-0.3, -0.25) is 4.57 Å². The lowest BCUT2D eigenvalue weighted by atomic mass is 10.1. The predicted octanol–water partition coefficient (Wildman–Crippen LogP) is 5.37. The lowest BCUT2D eigenvalue weighted by molar-refractivity contribution is 0.485. The molecule has 6 nitrogen and oxygen atoms in total. The van der Waals surface area contributed by atoms with Gasteiger partial charge in [0.05, 0.1) is 12.8 Å². The topological polar surface area (TPSA) is 69.6 Å². The molecule has 0 radical (unpaired) electrons. The summed E-state index contributed by atoms with van der Waals surface area (Å²) in [6.45, 7) is 2.60. The first kappa shape index (κ1) is 18.4. The minimum atomic E-state index is 0.427. The van der Waals surface area contributed by atoms with E-state index in [1.165, 1.54) is 11.8 Å². The number of nitrogens with zero attached hydrogens (tertiary/aromatic N) is 5. The Bertz CT molecular complexity index is 1150. The van der Waals surface area contributed by atoms with Crippen LogP contribution < -0.4 is 0 Å². The maximum Gasteiger partial charge on any atom is 0.198 e. The smallest absolute Gasteiger partial charge is 0.198 e. The van der Waals surface area contributed by atoms with Crippen molar-refractivity contribution in [2.45, 2.75) is 42.4 Å². The number of rotatable bonds is 6. The van der Waals surface area contributed by atoms with Gasteiger partial charge in [-0.1, -0.05) is 35.9 Å². The summed E-state index contributed by atoms with van der Waals surface area (Å²) in [5.74, 6) is 2.87. The lowest BCUT2D eigenvalue weighted by Crippen LogP contribution is -2.04. The Morgan fingerprint density at radius 3 is 2.76 bits per heavy atom. The Balaban J connectivity index is 1.55. The van der Waals surface area contributed by atoms with Gasteiger partial charge in [0.2, 0.25) is 0 Å². The molecule has 3 aromatic heterocycles. The van der Waals surface area contributed by atoms with E-state index in [0.717, 1.165) is 51.6 Å². The first-order chi connectivity index (χ1) is 14.2. The molecule has 0 aliphatic heterocycles. The quantitative estimate of drug-likeness (QED) is 0.388. The van der Waals surface area contributed by atoms with Crippen LogP contribution in [-0.2, 0) is 6.54 Å². The van der Waals surface area contributed by atoms with Crippen molar-refractivity contribution in [3.63, 3.8) is 0 Å². The number of benzene rings is 1. The van der Waals surface area contributed by atoms with Gasteiger partial charge in [-0.05, 0) is 49.2 Å². The summed E-state index contributed by atoms with van der Waals surface area (Å²) in [7, 11) is 0. The maximum atomic E-state index is 6.24. The molecule has 1 aliphatic carbocycles. The van der Waals surface area contributed by atoms with Gasteiger partial charge in [0, 0.05) is 17.5 Å². The van der Waals surface area contributed by atoms with Crippen molar-refractivity contribution in [2.75, 3.05) is 0 Å². The zero-order valence-electron chi connectivity index (χ0n) is 15.7. The molecule has 1 saturated carbocycles. The van der Waals surface area contributed by atoms with E-state index in [-0.39, 0.29) is 0 Å². The minimum absolute atomic E-state index is 0.427. The van der Waals surface area contributed by atoms with E-state index in [2.05, 4.69) is 38.8 Å². The van der Waals surface area contributed by atoms with Crippen molar-refractivity contribution in [2.24, 2.45) is 0 Å². The number of aryl methyl sites for hydroxylation is 1. The molecule has 5 rings (SSSR count). The molecule has 1 aliphatic rings. The molecule has 0 bridgehead atoms. The number of hydrogen-bond acceptors (Lipinski definition) is 6. The van der Waals surface area contributed by atoms with Gasteiger partial charge >= 0.3 is 0 Å². The molecule has 0 N–H and O–H groups in total. The number of hydrogen-bond donors (Lipinski definition) is 0. The molecule has 1 aromatic carbocycles. The van der Waals surface area contributed by atoms with Crippen LogP contribution in [0.3, 0.4) is 0 Å². The highest BCUT2D eigenvalue weighted by molar-refractivity contribution is 7.99. The summed E-state index contributed by atoms with van der Waals surface area (Å²) in [4.78, 5) is 9.06. The zero-order valence-corrected chi connectivity index (χ0v) is 17.3. The summed E-state index contributed by atoms with van der Waals surface area (Å²) in [6.07, 6.45) is 3.92. The van der Waals surface area contributed by atoms with Crippen LogP contribution in [0.4, 0.5) is 0 Å². The second-order valence-corrected chi connectivity index (χ2v) is 8.42. The van der Waals surface area contributed by atoms with Crippen molar-refractivity contribution >= 4 is 23.4 Å². The Morgan fingerprint density at radius 2 is 2.00 bits per heavy atom. The predicted molar refractivity (Wildman–Crippen MR) is 111 cm³/mol. The van der Waals surface area contributed by atoms with E-state index in [0.29, 0.717) is 17.6 Å². The summed E-state index contributed by atoms with van der Waals surface area (Å²) in [5, 5.41) is 10.9. The van der Waals surface area contributed by atoms with Gasteiger partial charge in [0.1, 0.15) is 21.8 Å². The van der Waals surface area contributed by atoms with Crippen LogP contribution in [0.15, 0.2) is 63.3 Å². The molecule has 3 heterocycles. The van der Waals surface area contributed by atoms with E-state index in [9.17, 15) is 0 Å². The third-order valence-corrected chi connectivity index (χ3v) is 5.92. The number of furan rings is 1. The largest absolute Gasteiger partial charge is 0.467 e. The van der Waals surface area contributed by atoms with Gasteiger partial charge in [-0.25, -0.2) is 9.97 Å². The second-order valence-electron chi connectivity index (χ2n) is 7.05. The van der Waals surface area contributed by atoms with Gasteiger partial charge < -0.3 is 4.42 Å². The Labute approximate surface area is 177 Å². The highest BCUT2D eigenvalue weighted by Crippen LogP contribution is 2.40. The molecule has 0 unspecified atom stereocenters. The highest BCUT2D eigenvalue weighted by atomic mass is 35.5. The fraction of sp³-hybridized carbons (Fsp3) is 0.238. The van der Waals surface area contributed by atoms with E-state index in [1.54, 1.807) is 12.3 Å². The molecule has 4 aromatic rings. The van der Waals surface area contributed by atoms with Crippen molar-refractivity contribution in [1.82, 2.24) is 24.7 Å². The Morgan fingerprint density at radius 1 is 1.14 bits per heavy atom. The van der Waals surface area contributed by atoms with Gasteiger partial charge in [-0.2, -0.15) is 0 Å². The molecule has 0 amide bonds. The monoisotopic (exact) mass is 423 g/mol. The van der Waals surface area contributed by atoms with E-state index in [1.807, 2.05) is 24.3 Å². The normalized spacial score (nSPS) is 13.7. The van der Waals surface area contributed by atoms with E-state index < -0.39 is 0 Å². The standard InChI is InChI=1S/C21H18ClN5OS/c1-13-5-2-3-7-16(13)20-25-26-21(27(20)12-15-6-4-10-28-15)29-18-11-17(22)23-19(24-18)14-8-9-14/h2-7,10-11,14H,8-9,12H2,1H3. The van der Waals surface area contributed by atoms with E-state index >= 15 is 0 Å². The summed E-state index contributed by atoms with van der Waals surface area (Å²) in [5.41, 5.74) is 2.18. The summed E-state index contributed by atoms with van der Waals surface area (Å²) in [6, 6.07) is 13.8. The molecule has 1 fully saturated rings. The Hall–Kier alpha value is -2.64. The van der Waals surface area contributed by atoms with Gasteiger partial charge in [0.25, 0.3) is 0 Å². The van der Waals surface area contributed by atoms with Crippen LogP contribution in [0.1, 0.15) is 35.9 Å². The molecular formula is C21H18ClN5OS. The van der Waals surface area contributed by atoms with Crippen LogP contribution in [0.2, 0.25) is 5.15 Å². The molecule has 0 atom stereocenters. The average molecular weight is 424 g/mol. The number of aromatic nitrogens is 5. The SMILES string of the molecule is Cc1ccccc1-c1nnc(Sc2cc(Cl)nc(C3CC3)n2)n1Cc1ccco1. The van der Waals surface area contributed by atoms with Crippen molar-refractivity contribution in [3.8, 4) is 11.4 Å². The maximum absolute atomic E-state index is 6.24. The molecule has 29 heavy (non-hydrogen) atoms.